The third kappa shape index (κ3) is 4.55. The second-order valence-corrected chi connectivity index (χ2v) is 14.6. The van der Waals surface area contributed by atoms with Crippen molar-refractivity contribution in [1.82, 2.24) is 9.55 Å². The zero-order valence-electron chi connectivity index (χ0n) is 26.9. The van der Waals surface area contributed by atoms with Crippen LogP contribution in [0.2, 0.25) is 0 Å². The summed E-state index contributed by atoms with van der Waals surface area (Å²) in [5.74, 6) is 2.52. The number of rotatable bonds is 4. The highest BCUT2D eigenvalue weighted by molar-refractivity contribution is 7.25. The van der Waals surface area contributed by atoms with Gasteiger partial charge in [0.15, 0.2) is 0 Å². The zero-order chi connectivity index (χ0) is 31.9. The number of aromatic nitrogens is 2. The van der Waals surface area contributed by atoms with Gasteiger partial charge in [0.25, 0.3) is 0 Å². The number of hydrogen-bond donors (Lipinski definition) is 0. The lowest BCUT2D eigenvalue weighted by atomic mass is 9.86. The molecule has 0 spiro atoms. The van der Waals surface area contributed by atoms with Crippen LogP contribution in [0.1, 0.15) is 26.3 Å². The minimum atomic E-state index is -0.0491. The van der Waals surface area contributed by atoms with Gasteiger partial charge in [0, 0.05) is 62.0 Å². The van der Waals surface area contributed by atoms with Gasteiger partial charge in [0.2, 0.25) is 0 Å². The van der Waals surface area contributed by atoms with E-state index in [0.29, 0.717) is 0 Å². The molecule has 0 unspecified atom stereocenters. The fraction of sp³-hybridized carbons (Fsp3) is 0.146. The Kier molecular flexibility index (Phi) is 6.15. The maximum absolute atomic E-state index is 6.76. The Morgan fingerprint density at radius 3 is 2.26 bits per heavy atom. The van der Waals surface area contributed by atoms with Gasteiger partial charge in [-0.1, -0.05) is 69.3 Å². The van der Waals surface area contributed by atoms with E-state index in [1.165, 1.54) is 47.9 Å². The average Bonchev–Trinajstić information content (AvgIpc) is 3.73. The smallest absolute Gasteiger partial charge is 0.138 e. The fourth-order valence-corrected chi connectivity index (χ4v) is 8.07. The highest BCUT2D eigenvalue weighted by atomic mass is 32.1. The molecule has 6 heteroatoms. The molecule has 0 N–H and O–H groups in total. The summed E-state index contributed by atoms with van der Waals surface area (Å²) < 4.78 is 11.5. The summed E-state index contributed by atoms with van der Waals surface area (Å²) in [4.78, 5) is 9.68. The molecule has 1 aliphatic heterocycles. The van der Waals surface area contributed by atoms with Crippen molar-refractivity contribution in [2.24, 2.45) is 0 Å². The van der Waals surface area contributed by atoms with Gasteiger partial charge < -0.3 is 14.5 Å². The molecule has 1 aliphatic rings. The van der Waals surface area contributed by atoms with Gasteiger partial charge in [-0.3, -0.25) is 4.57 Å². The molecule has 0 saturated carbocycles. The summed E-state index contributed by atoms with van der Waals surface area (Å²) in [6.07, 6.45) is 2.03. The first kappa shape index (κ1) is 27.9. The summed E-state index contributed by atoms with van der Waals surface area (Å²) >= 11 is 1.81. The average molecular weight is 631 g/mol. The molecule has 8 aromatic rings. The lowest BCUT2D eigenvalue weighted by molar-refractivity contribution is 0.479. The Bertz CT molecular complexity index is 2500. The maximum Gasteiger partial charge on any atom is 0.138 e. The van der Waals surface area contributed by atoms with E-state index in [1.807, 2.05) is 17.5 Å². The van der Waals surface area contributed by atoms with Gasteiger partial charge in [-0.25, -0.2) is 4.98 Å². The van der Waals surface area contributed by atoms with Crippen LogP contribution < -0.4 is 14.5 Å². The molecular weight excluding hydrogens is 597 g/mol. The minimum Gasteiger partial charge on any atom is -0.457 e. The van der Waals surface area contributed by atoms with E-state index in [9.17, 15) is 0 Å². The van der Waals surface area contributed by atoms with Crippen molar-refractivity contribution >= 4 is 70.4 Å². The Labute approximate surface area is 277 Å². The predicted octanol–water partition coefficient (Wildman–Crippen LogP) is 11.2. The molecule has 0 saturated heterocycles. The van der Waals surface area contributed by atoms with E-state index in [4.69, 9.17) is 9.72 Å². The molecule has 5 aromatic carbocycles. The monoisotopic (exact) mass is 630 g/mol. The van der Waals surface area contributed by atoms with Crippen molar-refractivity contribution in [3.05, 3.63) is 127 Å². The van der Waals surface area contributed by atoms with Crippen LogP contribution in [0, 0.1) is 0 Å². The van der Waals surface area contributed by atoms with E-state index in [0.717, 1.165) is 40.7 Å². The number of ether oxygens (including phenoxy) is 1. The Balaban J connectivity index is 1.17. The first-order valence-electron chi connectivity index (χ1n) is 16.0. The highest BCUT2D eigenvalue weighted by Crippen LogP contribution is 2.43. The van der Waals surface area contributed by atoms with Crippen LogP contribution in [0.25, 0.3) is 47.8 Å². The summed E-state index contributed by atoms with van der Waals surface area (Å²) in [5.41, 5.74) is 6.94. The first-order chi connectivity index (χ1) is 22.8. The summed E-state index contributed by atoms with van der Waals surface area (Å²) in [6, 6.07) is 41.0. The molecular formula is C41H34N4OS. The standard InChI is InChI=1S/C41H34N4OS/c1-41(2,3)26-19-27(44-25-43(4)35-14-8-9-15-36(35)44)21-29(20-26)46-28-17-18-31-30-11-5-7-13-34(30)45(37(31)22-28)40-23-39-33(24-42-40)32-12-6-10-16-38(32)47-39/h5-24H,25H2,1-4H3. The van der Waals surface area contributed by atoms with E-state index in [-0.39, 0.29) is 5.41 Å². The van der Waals surface area contributed by atoms with Crippen molar-refractivity contribution < 1.29 is 4.74 Å². The number of benzene rings is 5. The van der Waals surface area contributed by atoms with Gasteiger partial charge in [-0.05, 0) is 65.6 Å². The van der Waals surface area contributed by atoms with Crippen LogP contribution in [0.15, 0.2) is 121 Å². The van der Waals surface area contributed by atoms with Crippen LogP contribution in [0.5, 0.6) is 11.5 Å². The number of thiophene rings is 1. The van der Waals surface area contributed by atoms with Crippen LogP contribution >= 0.6 is 11.3 Å². The van der Waals surface area contributed by atoms with E-state index in [2.05, 4.69) is 157 Å². The Morgan fingerprint density at radius 2 is 1.40 bits per heavy atom. The number of nitrogens with zero attached hydrogens (tertiary/aromatic N) is 4. The highest BCUT2D eigenvalue weighted by Gasteiger charge is 2.26. The summed E-state index contributed by atoms with van der Waals surface area (Å²) in [7, 11) is 2.14. The van der Waals surface area contributed by atoms with Crippen molar-refractivity contribution in [3.63, 3.8) is 0 Å². The number of fused-ring (bicyclic) bond motifs is 7. The van der Waals surface area contributed by atoms with E-state index >= 15 is 0 Å². The molecule has 9 rings (SSSR count). The number of pyridine rings is 1. The van der Waals surface area contributed by atoms with Gasteiger partial charge in [-0.15, -0.1) is 11.3 Å². The van der Waals surface area contributed by atoms with Crippen molar-refractivity contribution in [2.45, 2.75) is 26.2 Å². The molecule has 0 radical (unpaired) electrons. The second kappa shape index (κ2) is 10.3. The first-order valence-corrected chi connectivity index (χ1v) is 16.9. The molecule has 3 aromatic heterocycles. The molecule has 0 amide bonds. The number of para-hydroxylation sites is 3. The van der Waals surface area contributed by atoms with Gasteiger partial charge in [0.1, 0.15) is 17.3 Å². The van der Waals surface area contributed by atoms with Gasteiger partial charge in [-0.2, -0.15) is 0 Å². The quantitative estimate of drug-likeness (QED) is 0.194. The largest absolute Gasteiger partial charge is 0.457 e. The topological polar surface area (TPSA) is 33.5 Å². The molecule has 230 valence electrons. The molecule has 0 fully saturated rings. The Morgan fingerprint density at radius 1 is 0.660 bits per heavy atom. The number of anilines is 3. The van der Waals surface area contributed by atoms with Crippen molar-refractivity contribution in [2.75, 3.05) is 23.5 Å². The molecule has 0 aliphatic carbocycles. The van der Waals surface area contributed by atoms with E-state index < -0.39 is 0 Å². The second-order valence-electron chi connectivity index (χ2n) is 13.5. The predicted molar refractivity (Wildman–Crippen MR) is 199 cm³/mol. The van der Waals surface area contributed by atoms with Crippen LogP contribution in [-0.2, 0) is 5.41 Å². The van der Waals surface area contributed by atoms with Crippen LogP contribution in [0.3, 0.4) is 0 Å². The van der Waals surface area contributed by atoms with Crippen molar-refractivity contribution in [3.8, 4) is 17.3 Å². The minimum absolute atomic E-state index is 0.0491. The summed E-state index contributed by atoms with van der Waals surface area (Å²) in [5, 5.41) is 4.82. The molecule has 47 heavy (non-hydrogen) atoms. The Hall–Kier alpha value is -5.33. The normalized spacial score (nSPS) is 13.4. The zero-order valence-corrected chi connectivity index (χ0v) is 27.7. The lowest BCUT2D eigenvalue weighted by Crippen LogP contribution is -2.24. The fourth-order valence-electron chi connectivity index (χ4n) is 6.96. The maximum atomic E-state index is 6.76. The molecule has 0 bridgehead atoms. The number of hydrogen-bond acceptors (Lipinski definition) is 5. The SMILES string of the molecule is CN1CN(c2cc(Oc3ccc4c5ccccc5n(-c5cc6sc7ccccc7c6cn5)c4c3)cc(C(C)(C)C)c2)c2ccccc21. The van der Waals surface area contributed by atoms with Crippen LogP contribution in [-0.4, -0.2) is 23.3 Å². The van der Waals surface area contributed by atoms with Crippen LogP contribution in [0.4, 0.5) is 17.1 Å². The molecule has 5 nitrogen and oxygen atoms in total. The molecule has 4 heterocycles. The molecule has 0 atom stereocenters. The lowest BCUT2D eigenvalue weighted by Gasteiger charge is -2.25. The third-order valence-electron chi connectivity index (χ3n) is 9.37. The van der Waals surface area contributed by atoms with E-state index in [1.54, 1.807) is 0 Å². The summed E-state index contributed by atoms with van der Waals surface area (Å²) in [6.45, 7) is 7.55. The van der Waals surface area contributed by atoms with Gasteiger partial charge in [0.05, 0.1) is 29.1 Å². The van der Waals surface area contributed by atoms with Gasteiger partial charge >= 0.3 is 0 Å². The third-order valence-corrected chi connectivity index (χ3v) is 10.5. The van der Waals surface area contributed by atoms with Crippen molar-refractivity contribution in [1.29, 1.82) is 0 Å².